The molecule has 0 fully saturated rings. The van der Waals surface area contributed by atoms with Gasteiger partial charge in [-0.05, 0) is 60.1 Å². The minimum Gasteiger partial charge on any atom is -0.490 e. The predicted octanol–water partition coefficient (Wildman–Crippen LogP) is 4.61. The van der Waals surface area contributed by atoms with Crippen LogP contribution in [0.3, 0.4) is 0 Å². The number of halogens is 1. The Morgan fingerprint density at radius 2 is 1.92 bits per heavy atom. The van der Waals surface area contributed by atoms with Crippen LogP contribution in [0.25, 0.3) is 10.8 Å². The number of thiophene rings is 1. The van der Waals surface area contributed by atoms with Gasteiger partial charge in [-0.15, -0.1) is 16.4 Å². The summed E-state index contributed by atoms with van der Waals surface area (Å²) in [5.41, 5.74) is 0.399. The second-order valence-corrected chi connectivity index (χ2v) is 7.46. The first-order chi connectivity index (χ1) is 12.6. The molecule has 1 aromatic carbocycles. The van der Waals surface area contributed by atoms with Crippen molar-refractivity contribution in [3.63, 3.8) is 0 Å². The molecule has 136 valence electrons. The quantitative estimate of drug-likeness (QED) is 0.580. The second kappa shape index (κ2) is 8.33. The lowest BCUT2D eigenvalue weighted by atomic mass is 10.2. The summed E-state index contributed by atoms with van der Waals surface area (Å²) in [5.74, 6) is 1.07. The van der Waals surface area contributed by atoms with Crippen molar-refractivity contribution >= 4 is 39.2 Å². The van der Waals surface area contributed by atoms with Crippen molar-refractivity contribution in [2.24, 2.45) is 0 Å². The van der Waals surface area contributed by atoms with Crippen molar-refractivity contribution in [2.75, 3.05) is 18.5 Å². The highest BCUT2D eigenvalue weighted by atomic mass is 79.9. The SMILES string of the molecule is CCOc1ccc(C(=O)Nc2nnc(-c3ccc(Br)s3)o2)cc1OCC. The van der Waals surface area contributed by atoms with Crippen molar-refractivity contribution in [3.8, 4) is 22.3 Å². The summed E-state index contributed by atoms with van der Waals surface area (Å²) in [6.45, 7) is 4.73. The van der Waals surface area contributed by atoms with Gasteiger partial charge >= 0.3 is 6.01 Å². The van der Waals surface area contributed by atoms with E-state index in [1.165, 1.54) is 11.3 Å². The third-order valence-corrected chi connectivity index (χ3v) is 4.85. The molecular weight excluding hydrogens is 422 g/mol. The zero-order valence-corrected chi connectivity index (χ0v) is 16.5. The van der Waals surface area contributed by atoms with Crippen molar-refractivity contribution in [1.29, 1.82) is 0 Å². The molecule has 3 aromatic rings. The summed E-state index contributed by atoms with van der Waals surface area (Å²) in [6, 6.07) is 8.74. The lowest BCUT2D eigenvalue weighted by Crippen LogP contribution is -2.12. The Hall–Kier alpha value is -2.39. The number of ether oxygens (including phenoxy) is 2. The molecule has 0 spiro atoms. The topological polar surface area (TPSA) is 86.5 Å². The molecule has 1 N–H and O–H groups in total. The molecule has 3 rings (SSSR count). The number of aromatic nitrogens is 2. The van der Waals surface area contributed by atoms with Crippen molar-refractivity contribution in [3.05, 3.63) is 39.7 Å². The maximum Gasteiger partial charge on any atom is 0.322 e. The van der Waals surface area contributed by atoms with Gasteiger partial charge in [0.1, 0.15) is 0 Å². The number of hydrogen-bond acceptors (Lipinski definition) is 7. The fourth-order valence-corrected chi connectivity index (χ4v) is 3.47. The second-order valence-electron chi connectivity index (χ2n) is 5.00. The summed E-state index contributed by atoms with van der Waals surface area (Å²) < 4.78 is 17.5. The highest BCUT2D eigenvalue weighted by Gasteiger charge is 2.16. The summed E-state index contributed by atoms with van der Waals surface area (Å²) in [7, 11) is 0. The van der Waals surface area contributed by atoms with Gasteiger partial charge in [-0.3, -0.25) is 10.1 Å². The number of amides is 1. The van der Waals surface area contributed by atoms with E-state index in [1.807, 2.05) is 26.0 Å². The smallest absolute Gasteiger partial charge is 0.322 e. The minimum atomic E-state index is -0.378. The average molecular weight is 438 g/mol. The molecule has 7 nitrogen and oxygen atoms in total. The van der Waals surface area contributed by atoms with E-state index in [0.29, 0.717) is 36.2 Å². The lowest BCUT2D eigenvalue weighted by molar-refractivity contribution is 0.102. The number of benzene rings is 1. The predicted molar refractivity (Wildman–Crippen MR) is 102 cm³/mol. The van der Waals surface area contributed by atoms with Crippen LogP contribution in [0.2, 0.25) is 0 Å². The molecule has 26 heavy (non-hydrogen) atoms. The lowest BCUT2D eigenvalue weighted by Gasteiger charge is -2.11. The molecule has 0 radical (unpaired) electrons. The number of anilines is 1. The molecule has 0 aliphatic carbocycles. The van der Waals surface area contributed by atoms with Gasteiger partial charge in [0.25, 0.3) is 11.8 Å². The van der Waals surface area contributed by atoms with Gasteiger partial charge in [0.15, 0.2) is 11.5 Å². The Balaban J connectivity index is 1.75. The van der Waals surface area contributed by atoms with Crippen LogP contribution in [0.5, 0.6) is 11.5 Å². The van der Waals surface area contributed by atoms with Gasteiger partial charge in [-0.25, -0.2) is 0 Å². The minimum absolute atomic E-state index is 0.0290. The fourth-order valence-electron chi connectivity index (χ4n) is 2.16. The molecule has 0 saturated heterocycles. The molecule has 0 atom stereocenters. The zero-order valence-electron chi connectivity index (χ0n) is 14.1. The molecule has 0 aliphatic heterocycles. The van der Waals surface area contributed by atoms with Crippen LogP contribution in [0, 0.1) is 0 Å². The standard InChI is InChI=1S/C17H16BrN3O4S/c1-3-23-11-6-5-10(9-12(11)24-4-2)15(22)19-17-21-20-16(25-17)13-7-8-14(18)26-13/h5-9H,3-4H2,1-2H3,(H,19,21,22). The summed E-state index contributed by atoms with van der Waals surface area (Å²) in [6.07, 6.45) is 0. The number of rotatable bonds is 7. The maximum absolute atomic E-state index is 12.4. The van der Waals surface area contributed by atoms with Crippen LogP contribution in [0.1, 0.15) is 24.2 Å². The Labute approximate surface area is 162 Å². The Morgan fingerprint density at radius 1 is 1.15 bits per heavy atom. The molecule has 2 aromatic heterocycles. The van der Waals surface area contributed by atoms with Crippen molar-refractivity contribution in [2.45, 2.75) is 13.8 Å². The largest absolute Gasteiger partial charge is 0.490 e. The molecule has 0 saturated carbocycles. The van der Waals surface area contributed by atoms with Gasteiger partial charge in [0, 0.05) is 5.56 Å². The molecule has 0 unspecified atom stereocenters. The monoisotopic (exact) mass is 437 g/mol. The van der Waals surface area contributed by atoms with Crippen LogP contribution in [-0.2, 0) is 0 Å². The van der Waals surface area contributed by atoms with Crippen molar-refractivity contribution in [1.82, 2.24) is 10.2 Å². The van der Waals surface area contributed by atoms with E-state index in [0.717, 1.165) is 8.66 Å². The van der Waals surface area contributed by atoms with E-state index < -0.39 is 0 Å². The van der Waals surface area contributed by atoms with Gasteiger partial charge in [0.05, 0.1) is 21.9 Å². The highest BCUT2D eigenvalue weighted by Crippen LogP contribution is 2.31. The van der Waals surface area contributed by atoms with E-state index in [4.69, 9.17) is 13.9 Å². The highest BCUT2D eigenvalue weighted by molar-refractivity contribution is 9.11. The van der Waals surface area contributed by atoms with E-state index in [-0.39, 0.29) is 11.9 Å². The van der Waals surface area contributed by atoms with Gasteiger partial charge in [-0.2, -0.15) is 0 Å². The third-order valence-electron chi connectivity index (χ3n) is 3.24. The molecule has 0 aliphatic rings. The molecule has 9 heteroatoms. The summed E-state index contributed by atoms with van der Waals surface area (Å²) in [4.78, 5) is 13.3. The van der Waals surface area contributed by atoms with E-state index >= 15 is 0 Å². The molecule has 1 amide bonds. The van der Waals surface area contributed by atoms with Crippen LogP contribution in [0.15, 0.2) is 38.5 Å². The third kappa shape index (κ3) is 4.23. The first-order valence-electron chi connectivity index (χ1n) is 7.91. The zero-order chi connectivity index (χ0) is 18.5. The van der Waals surface area contributed by atoms with Gasteiger partial charge in [0.2, 0.25) is 0 Å². The molecule has 0 bridgehead atoms. The Kier molecular flexibility index (Phi) is 5.89. The Bertz CT molecular complexity index is 909. The van der Waals surface area contributed by atoms with Crippen molar-refractivity contribution < 1.29 is 18.7 Å². The van der Waals surface area contributed by atoms with Crippen LogP contribution in [0.4, 0.5) is 6.01 Å². The number of carbonyl (C=O) groups excluding carboxylic acids is 1. The summed E-state index contributed by atoms with van der Waals surface area (Å²) >= 11 is 4.84. The van der Waals surface area contributed by atoms with Crippen LogP contribution in [-0.4, -0.2) is 29.3 Å². The van der Waals surface area contributed by atoms with E-state index in [1.54, 1.807) is 18.2 Å². The van der Waals surface area contributed by atoms with Gasteiger partial charge in [-0.1, -0.05) is 5.10 Å². The summed E-state index contributed by atoms with van der Waals surface area (Å²) in [5, 5.41) is 10.4. The van der Waals surface area contributed by atoms with E-state index in [9.17, 15) is 4.79 Å². The van der Waals surface area contributed by atoms with Gasteiger partial charge < -0.3 is 13.9 Å². The maximum atomic E-state index is 12.4. The van der Waals surface area contributed by atoms with E-state index in [2.05, 4.69) is 31.4 Å². The number of hydrogen-bond donors (Lipinski definition) is 1. The molecular formula is C17H16BrN3O4S. The van der Waals surface area contributed by atoms with Crippen LogP contribution < -0.4 is 14.8 Å². The fraction of sp³-hybridized carbons (Fsp3) is 0.235. The van der Waals surface area contributed by atoms with Crippen LogP contribution >= 0.6 is 27.3 Å². The number of carbonyl (C=O) groups is 1. The Morgan fingerprint density at radius 3 is 2.62 bits per heavy atom. The number of nitrogens with one attached hydrogen (secondary N) is 1. The molecule has 2 heterocycles. The number of nitrogens with zero attached hydrogens (tertiary/aromatic N) is 2. The first-order valence-corrected chi connectivity index (χ1v) is 9.51. The first kappa shape index (κ1) is 18.4. The normalized spacial score (nSPS) is 10.6. The average Bonchev–Trinajstić information content (AvgIpc) is 3.25.